The van der Waals surface area contributed by atoms with Gasteiger partial charge < -0.3 is 9.80 Å². The van der Waals surface area contributed by atoms with Crippen molar-refractivity contribution >= 4 is 56.1 Å². The predicted molar refractivity (Wildman–Crippen MR) is 132 cm³/mol. The molecule has 2 saturated heterocycles. The van der Waals surface area contributed by atoms with E-state index in [1.54, 1.807) is 24.0 Å². The van der Waals surface area contributed by atoms with Crippen LogP contribution in [0.25, 0.3) is 9.75 Å². The third-order valence-corrected chi connectivity index (χ3v) is 11.1. The molecule has 4 heterocycles. The number of hydrogen-bond donors (Lipinski definition) is 0. The Morgan fingerprint density at radius 1 is 1.18 bits per heavy atom. The second-order valence-electron chi connectivity index (χ2n) is 8.33. The third-order valence-electron chi connectivity index (χ3n) is 6.24. The number of rotatable bonds is 7. The van der Waals surface area contributed by atoms with Crippen LogP contribution in [0.3, 0.4) is 0 Å². The van der Waals surface area contributed by atoms with Gasteiger partial charge in [0.1, 0.15) is 22.8 Å². The summed E-state index contributed by atoms with van der Waals surface area (Å²) < 4.78 is 28.6. The lowest BCUT2D eigenvalue weighted by molar-refractivity contribution is -0.144. The van der Waals surface area contributed by atoms with Gasteiger partial charge in [0, 0.05) is 29.4 Å². The van der Waals surface area contributed by atoms with Gasteiger partial charge in [-0.1, -0.05) is 11.6 Å². The number of nitriles is 1. The Labute approximate surface area is 212 Å². The molecule has 0 unspecified atom stereocenters. The number of thiophene rings is 2. The Morgan fingerprint density at radius 2 is 1.85 bits per heavy atom. The number of hydrogen-bond acceptors (Lipinski definition) is 7. The Kier molecular flexibility index (Phi) is 7.64. The fourth-order valence-electron chi connectivity index (χ4n) is 4.44. The van der Waals surface area contributed by atoms with Gasteiger partial charge in [-0.3, -0.25) is 9.59 Å². The fraction of sp³-hybridized carbons (Fsp3) is 0.500. The van der Waals surface area contributed by atoms with Crippen molar-refractivity contribution in [3.63, 3.8) is 0 Å². The van der Waals surface area contributed by atoms with Crippen molar-refractivity contribution in [3.05, 3.63) is 28.6 Å². The van der Waals surface area contributed by atoms with Crippen molar-refractivity contribution in [2.24, 2.45) is 0 Å². The van der Waals surface area contributed by atoms with Gasteiger partial charge in [0.15, 0.2) is 0 Å². The number of sulfonamides is 1. The number of halogens is 1. The van der Waals surface area contributed by atoms with E-state index in [2.05, 4.69) is 0 Å². The van der Waals surface area contributed by atoms with Gasteiger partial charge in [0.25, 0.3) is 10.0 Å². The zero-order valence-corrected chi connectivity index (χ0v) is 21.9. The first-order chi connectivity index (χ1) is 16.2. The Balaban J connectivity index is 1.54. The molecule has 0 saturated carbocycles. The van der Waals surface area contributed by atoms with E-state index in [1.165, 1.54) is 22.3 Å². The van der Waals surface area contributed by atoms with Crippen molar-refractivity contribution in [1.29, 1.82) is 5.26 Å². The van der Waals surface area contributed by atoms with Gasteiger partial charge in [-0.15, -0.1) is 22.7 Å². The van der Waals surface area contributed by atoms with Crippen LogP contribution < -0.4 is 0 Å². The van der Waals surface area contributed by atoms with Gasteiger partial charge in [0.2, 0.25) is 11.8 Å². The lowest BCUT2D eigenvalue weighted by Gasteiger charge is -2.33. The highest BCUT2D eigenvalue weighted by atomic mass is 35.5. The van der Waals surface area contributed by atoms with Crippen molar-refractivity contribution in [2.75, 3.05) is 26.2 Å². The SMILES string of the molecule is C[C@@H](C(=O)N1CCCCC1)N1CC[C@H](N(CC#N)S(=O)(=O)c2ccc(-c3ccc(Cl)s3)s2)C1=O. The van der Waals surface area contributed by atoms with Crippen LogP contribution >= 0.6 is 34.3 Å². The maximum Gasteiger partial charge on any atom is 0.254 e. The average molecular weight is 541 g/mol. The number of carbonyl (C=O) groups is 2. The van der Waals surface area contributed by atoms with Crippen molar-refractivity contribution in [2.45, 2.75) is 48.9 Å². The minimum Gasteiger partial charge on any atom is -0.341 e. The molecular formula is C22H25ClN4O4S3. The van der Waals surface area contributed by atoms with Crippen LogP contribution in [0.5, 0.6) is 0 Å². The molecule has 34 heavy (non-hydrogen) atoms. The smallest absolute Gasteiger partial charge is 0.254 e. The van der Waals surface area contributed by atoms with E-state index in [-0.39, 0.29) is 23.1 Å². The molecule has 0 bridgehead atoms. The summed E-state index contributed by atoms with van der Waals surface area (Å²) in [7, 11) is -4.09. The largest absolute Gasteiger partial charge is 0.341 e. The van der Waals surface area contributed by atoms with Crippen molar-refractivity contribution in [1.82, 2.24) is 14.1 Å². The predicted octanol–water partition coefficient (Wildman–Crippen LogP) is 3.65. The van der Waals surface area contributed by atoms with Crippen LogP contribution in [-0.2, 0) is 19.6 Å². The molecule has 182 valence electrons. The Morgan fingerprint density at radius 3 is 2.50 bits per heavy atom. The highest BCUT2D eigenvalue weighted by molar-refractivity contribution is 7.91. The number of nitrogens with zero attached hydrogens (tertiary/aromatic N) is 4. The van der Waals surface area contributed by atoms with E-state index in [0.29, 0.717) is 17.4 Å². The molecule has 4 rings (SSSR count). The first-order valence-electron chi connectivity index (χ1n) is 11.1. The fourth-order valence-corrected chi connectivity index (χ4v) is 8.51. The topological polar surface area (TPSA) is 102 Å². The van der Waals surface area contributed by atoms with E-state index in [9.17, 15) is 23.3 Å². The van der Waals surface area contributed by atoms with Crippen LogP contribution in [0.15, 0.2) is 28.5 Å². The molecule has 0 radical (unpaired) electrons. The molecule has 0 aliphatic carbocycles. The second-order valence-corrected chi connectivity index (χ2v) is 13.2. The average Bonchev–Trinajstić information content (AvgIpc) is 3.57. The summed E-state index contributed by atoms with van der Waals surface area (Å²) >= 11 is 8.43. The maximum absolute atomic E-state index is 13.5. The first-order valence-corrected chi connectivity index (χ1v) is 14.5. The highest BCUT2D eigenvalue weighted by Gasteiger charge is 2.45. The van der Waals surface area contributed by atoms with Gasteiger partial charge in [0.05, 0.1) is 10.4 Å². The number of carbonyl (C=O) groups excluding carboxylic acids is 2. The minimum absolute atomic E-state index is 0.0611. The summed E-state index contributed by atoms with van der Waals surface area (Å²) in [6.45, 7) is 2.88. The minimum atomic E-state index is -4.09. The van der Waals surface area contributed by atoms with Crippen molar-refractivity contribution in [3.8, 4) is 15.8 Å². The molecule has 2 aliphatic rings. The Hall–Kier alpha value is -1.97. The summed E-state index contributed by atoms with van der Waals surface area (Å²) in [6, 6.07) is 6.97. The zero-order chi connectivity index (χ0) is 24.5. The normalized spacial score (nSPS) is 20.1. The number of likely N-dealkylation sites (tertiary alicyclic amines) is 2. The summed E-state index contributed by atoms with van der Waals surface area (Å²) in [6.07, 6.45) is 3.22. The highest BCUT2D eigenvalue weighted by Crippen LogP contribution is 2.38. The standard InChI is InChI=1S/C22H25ClN4O4S3/c1-15(21(28)25-11-3-2-4-12-25)26-13-9-16(22(26)29)27(14-10-24)34(30,31)20-8-6-18(33-20)17-5-7-19(23)32-17/h5-8,15-16H,2-4,9,11-14H2,1H3/t15-,16-/m0/s1. The summed E-state index contributed by atoms with van der Waals surface area (Å²) in [5.74, 6) is -0.542. The third kappa shape index (κ3) is 4.88. The van der Waals surface area contributed by atoms with E-state index in [0.717, 1.165) is 44.7 Å². The van der Waals surface area contributed by atoms with Crippen LogP contribution in [0.4, 0.5) is 0 Å². The quantitative estimate of drug-likeness (QED) is 0.499. The summed E-state index contributed by atoms with van der Waals surface area (Å²) in [4.78, 5) is 31.0. The number of piperidine rings is 1. The van der Waals surface area contributed by atoms with E-state index < -0.39 is 34.6 Å². The molecule has 12 heteroatoms. The monoisotopic (exact) mass is 540 g/mol. The van der Waals surface area contributed by atoms with Crippen molar-refractivity contribution < 1.29 is 18.0 Å². The van der Waals surface area contributed by atoms with Crippen LogP contribution in [0.2, 0.25) is 4.34 Å². The molecule has 0 N–H and O–H groups in total. The second kappa shape index (κ2) is 10.3. The van der Waals surface area contributed by atoms with Gasteiger partial charge >= 0.3 is 0 Å². The molecule has 0 aromatic carbocycles. The van der Waals surface area contributed by atoms with Crippen LogP contribution in [-0.4, -0.2) is 72.6 Å². The first kappa shape index (κ1) is 25.1. The maximum atomic E-state index is 13.5. The molecule has 8 nitrogen and oxygen atoms in total. The van der Waals surface area contributed by atoms with E-state index >= 15 is 0 Å². The molecule has 2 aliphatic heterocycles. The van der Waals surface area contributed by atoms with Crippen LogP contribution in [0.1, 0.15) is 32.6 Å². The van der Waals surface area contributed by atoms with E-state index in [4.69, 9.17) is 11.6 Å². The van der Waals surface area contributed by atoms with Gasteiger partial charge in [-0.25, -0.2) is 8.42 Å². The number of amides is 2. The van der Waals surface area contributed by atoms with Gasteiger partial charge in [-0.2, -0.15) is 9.57 Å². The lowest BCUT2D eigenvalue weighted by atomic mass is 10.1. The van der Waals surface area contributed by atoms with Crippen LogP contribution in [0, 0.1) is 11.3 Å². The molecule has 2 fully saturated rings. The molecular weight excluding hydrogens is 516 g/mol. The Bertz CT molecular complexity index is 1210. The van der Waals surface area contributed by atoms with Gasteiger partial charge in [-0.05, 0) is 56.9 Å². The molecule has 2 atom stereocenters. The van der Waals surface area contributed by atoms with E-state index in [1.807, 2.05) is 12.1 Å². The molecule has 2 aromatic heterocycles. The zero-order valence-electron chi connectivity index (χ0n) is 18.6. The summed E-state index contributed by atoms with van der Waals surface area (Å²) in [5, 5.41) is 9.36. The molecule has 0 spiro atoms. The molecule has 2 amide bonds. The summed E-state index contributed by atoms with van der Waals surface area (Å²) in [5.41, 5.74) is 0. The lowest BCUT2D eigenvalue weighted by Crippen LogP contribution is -2.52. The molecule has 2 aromatic rings.